The third kappa shape index (κ3) is 4.46. The van der Waals surface area contributed by atoms with Crippen LogP contribution in [0.25, 0.3) is 0 Å². The number of fused-ring (bicyclic) bond motifs is 1. The maximum absolute atomic E-state index is 12.5. The Hall–Kier alpha value is -2.98. The Morgan fingerprint density at radius 1 is 1.39 bits per heavy atom. The van der Waals surface area contributed by atoms with Gasteiger partial charge in [-0.1, -0.05) is 6.07 Å². The third-order valence-electron chi connectivity index (χ3n) is 3.94. The number of ether oxygens (including phenoxy) is 1. The second-order valence-corrected chi connectivity index (χ2v) is 7.71. The van der Waals surface area contributed by atoms with E-state index >= 15 is 0 Å². The van der Waals surface area contributed by atoms with Gasteiger partial charge in [-0.2, -0.15) is 4.40 Å². The van der Waals surface area contributed by atoms with Crippen LogP contribution in [0.3, 0.4) is 0 Å². The molecule has 1 amide bonds. The quantitative estimate of drug-likeness (QED) is 0.564. The smallest absolute Gasteiger partial charge is 0.251 e. The maximum Gasteiger partial charge on any atom is 0.251 e. The fourth-order valence-corrected chi connectivity index (χ4v) is 3.31. The molecule has 0 radical (unpaired) electrons. The minimum Gasteiger partial charge on any atom is -0.490 e. The first kappa shape index (κ1) is 19.8. The molecule has 2 heterocycles. The fourth-order valence-electron chi connectivity index (χ4n) is 2.63. The zero-order valence-corrected chi connectivity index (χ0v) is 16.2. The van der Waals surface area contributed by atoms with Crippen LogP contribution in [0.2, 0.25) is 0 Å². The Morgan fingerprint density at radius 3 is 2.93 bits per heavy atom. The van der Waals surface area contributed by atoms with E-state index in [4.69, 9.17) is 15.6 Å². The van der Waals surface area contributed by atoms with Crippen LogP contribution < -0.4 is 20.5 Å². The summed E-state index contributed by atoms with van der Waals surface area (Å²) in [5.74, 6) is 0.286. The minimum atomic E-state index is -1.62. The van der Waals surface area contributed by atoms with Gasteiger partial charge in [0.1, 0.15) is 18.2 Å². The Bertz CT molecular complexity index is 961. The lowest BCUT2D eigenvalue weighted by atomic mass is 10.1. The van der Waals surface area contributed by atoms with Gasteiger partial charge >= 0.3 is 0 Å². The fraction of sp³-hybridized carbons (Fsp3) is 0.278. The molecular formula is C18H21N5O4S. The molecule has 0 fully saturated rings. The Morgan fingerprint density at radius 2 is 2.18 bits per heavy atom. The first-order valence-corrected chi connectivity index (χ1v) is 9.57. The molecule has 10 heteroatoms. The van der Waals surface area contributed by atoms with Gasteiger partial charge in [-0.25, -0.2) is 4.21 Å². The molecule has 0 saturated carbocycles. The highest BCUT2D eigenvalue weighted by atomic mass is 32.2. The van der Waals surface area contributed by atoms with Crippen LogP contribution in [-0.4, -0.2) is 38.2 Å². The molecule has 0 spiro atoms. The molecule has 3 rings (SSSR count). The van der Waals surface area contributed by atoms with Gasteiger partial charge < -0.3 is 20.9 Å². The number of hydrogen-bond acceptors (Lipinski definition) is 6. The number of nitrogens with one attached hydrogen (secondary N) is 2. The van der Waals surface area contributed by atoms with Gasteiger partial charge in [-0.15, -0.1) is 0 Å². The summed E-state index contributed by atoms with van der Waals surface area (Å²) in [5.41, 5.74) is 7.10. The van der Waals surface area contributed by atoms with E-state index in [9.17, 15) is 9.00 Å². The van der Waals surface area contributed by atoms with E-state index in [-0.39, 0.29) is 25.0 Å². The van der Waals surface area contributed by atoms with Crippen molar-refractivity contribution in [3.8, 4) is 5.75 Å². The summed E-state index contributed by atoms with van der Waals surface area (Å²) in [6, 6.07) is 8.31. The molecule has 0 aliphatic carbocycles. The van der Waals surface area contributed by atoms with E-state index < -0.39 is 16.7 Å². The van der Waals surface area contributed by atoms with Crippen LogP contribution in [-0.2, 0) is 17.8 Å². The third-order valence-corrected chi connectivity index (χ3v) is 4.70. The average molecular weight is 403 g/mol. The van der Waals surface area contributed by atoms with E-state index in [1.54, 1.807) is 24.3 Å². The number of nitrogens with zero attached hydrogens (tertiary/aromatic N) is 2. The number of nitrogens with two attached hydrogens (primary N) is 1. The van der Waals surface area contributed by atoms with Crippen molar-refractivity contribution >= 4 is 28.6 Å². The second-order valence-electron chi connectivity index (χ2n) is 6.83. The van der Waals surface area contributed by atoms with Crippen molar-refractivity contribution in [1.82, 2.24) is 10.3 Å². The van der Waals surface area contributed by atoms with Crippen LogP contribution in [0.1, 0.15) is 35.5 Å². The number of carbonyl (C=O) groups excluding carboxylic acids is 1. The molecule has 0 saturated heterocycles. The van der Waals surface area contributed by atoms with Crippen molar-refractivity contribution in [3.63, 3.8) is 0 Å². The number of anilines is 1. The molecule has 1 aromatic carbocycles. The average Bonchev–Trinajstić information content (AvgIpc) is 2.65. The van der Waals surface area contributed by atoms with E-state index in [0.717, 1.165) is 0 Å². The van der Waals surface area contributed by atoms with E-state index in [1.807, 2.05) is 13.8 Å². The van der Waals surface area contributed by atoms with Gasteiger partial charge in [0.15, 0.2) is 0 Å². The van der Waals surface area contributed by atoms with Gasteiger partial charge in [0.05, 0.1) is 29.1 Å². The van der Waals surface area contributed by atoms with E-state index in [2.05, 4.69) is 19.4 Å². The number of amidine groups is 1. The molecule has 1 aliphatic heterocycles. The zero-order valence-electron chi connectivity index (χ0n) is 15.4. The number of carbonyl (C=O) groups is 1. The minimum absolute atomic E-state index is 0.123. The highest BCUT2D eigenvalue weighted by Gasteiger charge is 2.25. The SMILES string of the molecule is CC(C)(COc1cccc2c1C(N)=NS(=O)N2)NC(=O)c1ccnc(CO)c1. The van der Waals surface area contributed by atoms with Crippen LogP contribution >= 0.6 is 0 Å². The highest BCUT2D eigenvalue weighted by Crippen LogP contribution is 2.30. The molecule has 1 aromatic heterocycles. The van der Waals surface area contributed by atoms with Gasteiger partial charge in [0, 0.05) is 11.8 Å². The standard InChI is InChI=1S/C18H21N5O4S/c1-18(2,21-17(25)11-6-7-20-12(8-11)9-24)10-27-14-5-3-4-13-15(14)16(19)23-28(26)22-13/h3-8,22,24H,9-10H2,1-2H3,(H2,19,23)(H,21,25). The van der Waals surface area contributed by atoms with Gasteiger partial charge in [0.25, 0.3) is 5.91 Å². The number of benzene rings is 1. The Balaban J connectivity index is 1.71. The number of pyridine rings is 1. The number of hydrogen-bond donors (Lipinski definition) is 4. The van der Waals surface area contributed by atoms with Crippen molar-refractivity contribution in [1.29, 1.82) is 0 Å². The first-order chi connectivity index (χ1) is 13.3. The van der Waals surface area contributed by atoms with Crippen molar-refractivity contribution in [3.05, 3.63) is 53.3 Å². The summed E-state index contributed by atoms with van der Waals surface area (Å²) in [7, 11) is 0. The summed E-state index contributed by atoms with van der Waals surface area (Å²) in [5, 5.41) is 12.1. The van der Waals surface area contributed by atoms with Crippen molar-refractivity contribution in [2.24, 2.45) is 10.1 Å². The largest absolute Gasteiger partial charge is 0.490 e. The molecule has 28 heavy (non-hydrogen) atoms. The second kappa shape index (κ2) is 7.95. The van der Waals surface area contributed by atoms with Gasteiger partial charge in [-0.05, 0) is 38.1 Å². The molecule has 9 nitrogen and oxygen atoms in total. The summed E-state index contributed by atoms with van der Waals surface area (Å²) < 4.78 is 24.0. The molecule has 1 unspecified atom stereocenters. The Labute approximate surface area is 164 Å². The summed E-state index contributed by atoms with van der Waals surface area (Å²) in [4.78, 5) is 16.5. The van der Waals surface area contributed by atoms with Crippen LogP contribution in [0, 0.1) is 0 Å². The predicted octanol–water partition coefficient (Wildman–Crippen LogP) is 0.871. The van der Waals surface area contributed by atoms with Crippen LogP contribution in [0.4, 0.5) is 5.69 Å². The van der Waals surface area contributed by atoms with E-state index in [0.29, 0.717) is 28.3 Å². The lowest BCUT2D eigenvalue weighted by Crippen LogP contribution is -2.48. The number of amides is 1. The predicted molar refractivity (Wildman–Crippen MR) is 106 cm³/mol. The maximum atomic E-state index is 12.5. The molecule has 2 aromatic rings. The Kier molecular flexibility index (Phi) is 5.61. The number of aromatic nitrogens is 1. The van der Waals surface area contributed by atoms with Gasteiger partial charge in [0.2, 0.25) is 11.2 Å². The molecular weight excluding hydrogens is 382 g/mol. The summed E-state index contributed by atoms with van der Waals surface area (Å²) in [6.07, 6.45) is 1.47. The summed E-state index contributed by atoms with van der Waals surface area (Å²) in [6.45, 7) is 3.55. The van der Waals surface area contributed by atoms with E-state index in [1.165, 1.54) is 12.3 Å². The zero-order chi connectivity index (χ0) is 20.3. The van der Waals surface area contributed by atoms with Crippen LogP contribution in [0.5, 0.6) is 5.75 Å². The number of aliphatic hydroxyl groups excluding tert-OH is 1. The molecule has 148 valence electrons. The molecule has 1 aliphatic rings. The molecule has 5 N–H and O–H groups in total. The first-order valence-electron chi connectivity index (χ1n) is 8.46. The highest BCUT2D eigenvalue weighted by molar-refractivity contribution is 7.85. The normalized spacial score (nSPS) is 15.8. The van der Waals surface area contributed by atoms with Gasteiger partial charge in [-0.3, -0.25) is 14.5 Å². The lowest BCUT2D eigenvalue weighted by Gasteiger charge is -2.27. The van der Waals surface area contributed by atoms with Crippen molar-refractivity contribution in [2.45, 2.75) is 26.0 Å². The van der Waals surface area contributed by atoms with Crippen molar-refractivity contribution < 1.29 is 18.8 Å². The monoisotopic (exact) mass is 403 g/mol. The van der Waals surface area contributed by atoms with Crippen LogP contribution in [0.15, 0.2) is 40.9 Å². The molecule has 1 atom stereocenters. The number of aliphatic hydroxyl groups is 1. The summed E-state index contributed by atoms with van der Waals surface area (Å²) >= 11 is -1.62. The lowest BCUT2D eigenvalue weighted by molar-refractivity contribution is 0.0880. The molecule has 0 bridgehead atoms. The van der Waals surface area contributed by atoms with Crippen molar-refractivity contribution in [2.75, 3.05) is 11.3 Å². The number of rotatable bonds is 6. The topological polar surface area (TPSA) is 139 Å².